The lowest BCUT2D eigenvalue weighted by Gasteiger charge is -2.19. The molecule has 0 radical (unpaired) electrons. The maximum Gasteiger partial charge on any atom is 0.472 e. The number of ether oxygens (including phenoxy) is 2. The van der Waals surface area contributed by atoms with E-state index in [4.69, 9.17) is 24.3 Å². The van der Waals surface area contributed by atoms with Crippen LogP contribution in [0.4, 0.5) is 0 Å². The zero-order valence-electron chi connectivity index (χ0n) is 34.6. The molecular formula is C45H78NO8P. The summed E-state index contributed by atoms with van der Waals surface area (Å²) in [5.41, 5.74) is 5.34. The lowest BCUT2D eigenvalue weighted by atomic mass is 10.1. The Bertz CT molecular complexity index is 1130. The Hall–Kier alpha value is -2.55. The fourth-order valence-electron chi connectivity index (χ4n) is 5.37. The fraction of sp³-hybridized carbons (Fsp3) is 0.689. The van der Waals surface area contributed by atoms with Gasteiger partial charge in [0.25, 0.3) is 0 Å². The number of phosphoric ester groups is 1. The van der Waals surface area contributed by atoms with E-state index in [0.29, 0.717) is 12.8 Å². The zero-order valence-corrected chi connectivity index (χ0v) is 35.5. The van der Waals surface area contributed by atoms with Gasteiger partial charge in [0.2, 0.25) is 0 Å². The van der Waals surface area contributed by atoms with Gasteiger partial charge in [0.05, 0.1) is 13.2 Å². The minimum absolute atomic E-state index is 0.0425. The Kier molecular flexibility index (Phi) is 39.2. The van der Waals surface area contributed by atoms with Gasteiger partial charge in [0.1, 0.15) is 6.61 Å². The predicted molar refractivity (Wildman–Crippen MR) is 229 cm³/mol. The summed E-state index contributed by atoms with van der Waals surface area (Å²) in [5, 5.41) is 0. The maximum atomic E-state index is 12.6. The van der Waals surface area contributed by atoms with E-state index in [1.807, 2.05) is 0 Å². The van der Waals surface area contributed by atoms with E-state index in [1.165, 1.54) is 51.4 Å². The van der Waals surface area contributed by atoms with Crippen LogP contribution in [-0.2, 0) is 32.7 Å². The number of unbranched alkanes of at least 4 members (excludes halogenated alkanes) is 15. The van der Waals surface area contributed by atoms with Crippen molar-refractivity contribution >= 4 is 19.8 Å². The van der Waals surface area contributed by atoms with Gasteiger partial charge >= 0.3 is 19.8 Å². The van der Waals surface area contributed by atoms with Crippen molar-refractivity contribution in [3.8, 4) is 0 Å². The Morgan fingerprint density at radius 1 is 0.564 bits per heavy atom. The van der Waals surface area contributed by atoms with Gasteiger partial charge in [-0.15, -0.1) is 0 Å². The quantitative estimate of drug-likeness (QED) is 0.0205. The average molecular weight is 792 g/mol. The van der Waals surface area contributed by atoms with Gasteiger partial charge in [-0.25, -0.2) is 4.57 Å². The van der Waals surface area contributed by atoms with Crippen LogP contribution in [0.5, 0.6) is 0 Å². The van der Waals surface area contributed by atoms with Gasteiger partial charge in [-0.1, -0.05) is 145 Å². The van der Waals surface area contributed by atoms with Gasteiger partial charge in [0, 0.05) is 19.4 Å². The number of rotatable bonds is 39. The van der Waals surface area contributed by atoms with E-state index in [-0.39, 0.29) is 32.6 Å². The van der Waals surface area contributed by atoms with Crippen LogP contribution in [0.1, 0.15) is 168 Å². The molecule has 0 rings (SSSR count). The number of hydrogen-bond acceptors (Lipinski definition) is 8. The normalized spacial score (nSPS) is 14.0. The molecule has 10 heteroatoms. The molecule has 0 fully saturated rings. The van der Waals surface area contributed by atoms with Gasteiger partial charge in [0.15, 0.2) is 6.10 Å². The molecule has 0 aromatic rings. The van der Waals surface area contributed by atoms with Gasteiger partial charge in [-0.3, -0.25) is 18.6 Å². The van der Waals surface area contributed by atoms with E-state index in [9.17, 15) is 19.0 Å². The molecule has 0 amide bonds. The maximum absolute atomic E-state index is 12.6. The van der Waals surface area contributed by atoms with Crippen LogP contribution < -0.4 is 5.73 Å². The molecule has 3 N–H and O–H groups in total. The first-order chi connectivity index (χ1) is 26.8. The van der Waals surface area contributed by atoms with Crippen LogP contribution >= 0.6 is 7.82 Å². The number of nitrogens with two attached hydrogens (primary N) is 1. The summed E-state index contributed by atoms with van der Waals surface area (Å²) in [6.07, 6.45) is 49.3. The molecular weight excluding hydrogens is 713 g/mol. The monoisotopic (exact) mass is 792 g/mol. The van der Waals surface area contributed by atoms with Crippen molar-refractivity contribution < 1.29 is 37.6 Å². The van der Waals surface area contributed by atoms with Crippen molar-refractivity contribution in [2.24, 2.45) is 5.73 Å². The Balaban J connectivity index is 4.27. The number of hydrogen-bond donors (Lipinski definition) is 2. The third-order valence-corrected chi connectivity index (χ3v) is 9.58. The Labute approximate surface area is 335 Å². The van der Waals surface area contributed by atoms with Crippen molar-refractivity contribution in [2.75, 3.05) is 26.4 Å². The largest absolute Gasteiger partial charge is 0.472 e. The molecule has 0 bridgehead atoms. The van der Waals surface area contributed by atoms with Crippen LogP contribution in [0.3, 0.4) is 0 Å². The third kappa shape index (κ3) is 40.9. The number of allylic oxidation sites excluding steroid dienone is 12. The molecule has 1 unspecified atom stereocenters. The first-order valence-corrected chi connectivity index (χ1v) is 22.9. The van der Waals surface area contributed by atoms with Crippen molar-refractivity contribution in [3.05, 3.63) is 72.9 Å². The molecule has 55 heavy (non-hydrogen) atoms. The molecule has 0 heterocycles. The van der Waals surface area contributed by atoms with Gasteiger partial charge in [-0.05, 0) is 83.5 Å². The summed E-state index contributed by atoms with van der Waals surface area (Å²) < 4.78 is 32.7. The lowest BCUT2D eigenvalue weighted by Crippen LogP contribution is -2.29. The second-order valence-corrected chi connectivity index (χ2v) is 15.3. The number of phosphoric acid groups is 1. The average Bonchev–Trinajstić information content (AvgIpc) is 3.17. The summed E-state index contributed by atoms with van der Waals surface area (Å²) in [6.45, 7) is 3.61. The molecule has 2 atom stereocenters. The van der Waals surface area contributed by atoms with Gasteiger partial charge < -0.3 is 20.1 Å². The van der Waals surface area contributed by atoms with E-state index in [2.05, 4.69) is 86.8 Å². The Morgan fingerprint density at radius 2 is 1.00 bits per heavy atom. The van der Waals surface area contributed by atoms with Gasteiger partial charge in [-0.2, -0.15) is 0 Å². The molecule has 0 aromatic carbocycles. The highest BCUT2D eigenvalue weighted by Crippen LogP contribution is 2.43. The highest BCUT2D eigenvalue weighted by Gasteiger charge is 2.25. The smallest absolute Gasteiger partial charge is 0.462 e. The van der Waals surface area contributed by atoms with E-state index in [0.717, 1.165) is 77.0 Å². The SMILES string of the molecule is CCCCC/C=C/C/C=C/C/C=C/C/C=C/CCCCCC(=O)OC[C@H](COP(=O)(O)OCCN)OC(=O)CCCCCCC/C=C/C=C/CCCCCC. The van der Waals surface area contributed by atoms with Crippen LogP contribution in [0, 0.1) is 0 Å². The Morgan fingerprint density at radius 3 is 1.56 bits per heavy atom. The second kappa shape index (κ2) is 41.1. The number of carbonyl (C=O) groups excluding carboxylic acids is 2. The van der Waals surface area contributed by atoms with Crippen molar-refractivity contribution in [3.63, 3.8) is 0 Å². The predicted octanol–water partition coefficient (Wildman–Crippen LogP) is 12.3. The van der Waals surface area contributed by atoms with Crippen molar-refractivity contribution in [2.45, 2.75) is 174 Å². The molecule has 0 aliphatic heterocycles. The lowest BCUT2D eigenvalue weighted by molar-refractivity contribution is -0.161. The van der Waals surface area contributed by atoms with Crippen LogP contribution in [0.2, 0.25) is 0 Å². The summed E-state index contributed by atoms with van der Waals surface area (Å²) >= 11 is 0. The molecule has 9 nitrogen and oxygen atoms in total. The summed E-state index contributed by atoms with van der Waals surface area (Å²) in [6, 6.07) is 0. The molecule has 0 saturated heterocycles. The minimum atomic E-state index is -4.39. The first kappa shape index (κ1) is 52.5. The summed E-state index contributed by atoms with van der Waals surface area (Å²) in [5.74, 6) is -0.889. The highest BCUT2D eigenvalue weighted by molar-refractivity contribution is 7.47. The third-order valence-electron chi connectivity index (χ3n) is 8.59. The first-order valence-electron chi connectivity index (χ1n) is 21.4. The van der Waals surface area contributed by atoms with E-state index in [1.54, 1.807) is 0 Å². The van der Waals surface area contributed by atoms with Crippen LogP contribution in [0.25, 0.3) is 0 Å². The topological polar surface area (TPSA) is 134 Å². The van der Waals surface area contributed by atoms with E-state index < -0.39 is 32.5 Å². The number of carbonyl (C=O) groups is 2. The fourth-order valence-corrected chi connectivity index (χ4v) is 6.14. The number of esters is 2. The molecule has 0 aliphatic carbocycles. The van der Waals surface area contributed by atoms with Crippen molar-refractivity contribution in [1.29, 1.82) is 0 Å². The molecule has 0 saturated carbocycles. The molecule has 0 spiro atoms. The second-order valence-electron chi connectivity index (χ2n) is 13.9. The zero-order chi connectivity index (χ0) is 40.3. The molecule has 0 aliphatic rings. The standard InChI is InChI=1S/C45H78NO8P/c1-3-5-7-9-11-13-15-17-19-20-21-22-24-25-27-29-31-33-35-37-44(47)51-41-43(42-53-55(49,50)52-40-39-46)54-45(48)38-36-34-32-30-28-26-23-18-16-14-12-10-8-6-4-2/h11,13-14,16-19,21-23,25,27,43H,3-10,12,15,20,24,26,28-42,46H2,1-2H3,(H,49,50)/b13-11+,16-14+,19-17+,22-21+,23-18+,27-25+/t43-/m1/s1. The van der Waals surface area contributed by atoms with Crippen LogP contribution in [-0.4, -0.2) is 49.3 Å². The highest BCUT2D eigenvalue weighted by atomic mass is 31.2. The van der Waals surface area contributed by atoms with E-state index >= 15 is 0 Å². The van der Waals surface area contributed by atoms with Crippen molar-refractivity contribution in [1.82, 2.24) is 0 Å². The summed E-state index contributed by atoms with van der Waals surface area (Å²) in [7, 11) is -4.39. The molecule has 316 valence electrons. The van der Waals surface area contributed by atoms with Crippen LogP contribution in [0.15, 0.2) is 72.9 Å². The molecule has 0 aromatic heterocycles. The summed E-state index contributed by atoms with van der Waals surface area (Å²) in [4.78, 5) is 34.8. The minimum Gasteiger partial charge on any atom is -0.462 e.